The molecule has 12 heavy (non-hydrogen) atoms. The average Bonchev–Trinajstić information content (AvgIpc) is 2.37. The van der Waals surface area contributed by atoms with E-state index in [0.717, 1.165) is 12.2 Å². The van der Waals surface area contributed by atoms with Crippen molar-refractivity contribution in [2.24, 2.45) is 0 Å². The lowest BCUT2D eigenvalue weighted by Gasteiger charge is -2.13. The van der Waals surface area contributed by atoms with Crippen LogP contribution in [0.2, 0.25) is 0 Å². The molecule has 0 aromatic heterocycles. The van der Waals surface area contributed by atoms with Crippen molar-refractivity contribution in [3.05, 3.63) is 0 Å². The van der Waals surface area contributed by atoms with Crippen LogP contribution in [0.4, 0.5) is 4.79 Å². The van der Waals surface area contributed by atoms with Crippen molar-refractivity contribution in [3.63, 3.8) is 0 Å². The molecular formula is C8H16N2OS. The summed E-state index contributed by atoms with van der Waals surface area (Å²) in [5.41, 5.74) is 0. The van der Waals surface area contributed by atoms with Gasteiger partial charge in [0, 0.05) is 17.8 Å². The summed E-state index contributed by atoms with van der Waals surface area (Å²) in [6.45, 7) is 3.92. The highest BCUT2D eigenvalue weighted by molar-refractivity contribution is 7.99. The van der Waals surface area contributed by atoms with E-state index in [4.69, 9.17) is 0 Å². The first kappa shape index (κ1) is 9.71. The highest BCUT2D eigenvalue weighted by Gasteiger charge is 2.17. The molecule has 0 saturated carbocycles. The summed E-state index contributed by atoms with van der Waals surface area (Å²) in [5, 5.41) is 5.75. The summed E-state index contributed by atoms with van der Waals surface area (Å²) in [7, 11) is 0. The summed E-state index contributed by atoms with van der Waals surface area (Å²) >= 11 is 1.90. The van der Waals surface area contributed by atoms with Gasteiger partial charge in [0.1, 0.15) is 0 Å². The molecule has 1 heterocycles. The summed E-state index contributed by atoms with van der Waals surface area (Å²) in [6.07, 6.45) is 1.11. The van der Waals surface area contributed by atoms with Crippen LogP contribution < -0.4 is 10.6 Å². The molecule has 0 radical (unpaired) electrons. The quantitative estimate of drug-likeness (QED) is 0.683. The average molecular weight is 188 g/mol. The summed E-state index contributed by atoms with van der Waals surface area (Å²) < 4.78 is 0. The van der Waals surface area contributed by atoms with Gasteiger partial charge in [-0.15, -0.1) is 0 Å². The van der Waals surface area contributed by atoms with Crippen LogP contribution in [-0.4, -0.2) is 29.6 Å². The monoisotopic (exact) mass is 188 g/mol. The Hall–Kier alpha value is -0.380. The van der Waals surface area contributed by atoms with Gasteiger partial charge < -0.3 is 10.6 Å². The minimum atomic E-state index is -0.0301. The van der Waals surface area contributed by atoms with E-state index in [1.165, 1.54) is 5.75 Å². The van der Waals surface area contributed by atoms with E-state index in [1.54, 1.807) is 0 Å². The molecule has 2 amide bonds. The topological polar surface area (TPSA) is 41.1 Å². The molecule has 3 nitrogen and oxygen atoms in total. The summed E-state index contributed by atoms with van der Waals surface area (Å²) in [5.74, 6) is 2.23. The van der Waals surface area contributed by atoms with Crippen molar-refractivity contribution < 1.29 is 4.79 Å². The zero-order chi connectivity index (χ0) is 8.97. The molecule has 0 bridgehead atoms. The fraction of sp³-hybridized carbons (Fsp3) is 0.875. The van der Waals surface area contributed by atoms with Crippen LogP contribution in [0.25, 0.3) is 0 Å². The first-order valence-corrected chi connectivity index (χ1v) is 5.48. The second-order valence-corrected chi connectivity index (χ2v) is 4.48. The number of urea groups is 1. The molecule has 0 spiro atoms. The van der Waals surface area contributed by atoms with Gasteiger partial charge >= 0.3 is 6.03 Å². The van der Waals surface area contributed by atoms with E-state index in [2.05, 4.69) is 10.6 Å². The highest BCUT2D eigenvalue weighted by Crippen LogP contribution is 2.16. The summed E-state index contributed by atoms with van der Waals surface area (Å²) in [6, 6.07) is 0.574. The molecule has 0 aliphatic carbocycles. The molecule has 1 unspecified atom stereocenters. The molecular weight excluding hydrogens is 172 g/mol. The van der Waals surface area contributed by atoms with E-state index in [-0.39, 0.29) is 12.1 Å². The molecule has 1 saturated heterocycles. The molecule has 1 fully saturated rings. The smallest absolute Gasteiger partial charge is 0.315 e. The Kier molecular flexibility index (Phi) is 3.72. The number of thioether (sulfide) groups is 1. The molecule has 1 rings (SSSR count). The van der Waals surface area contributed by atoms with Gasteiger partial charge in [0.15, 0.2) is 0 Å². The Morgan fingerprint density at radius 3 is 2.83 bits per heavy atom. The third-order valence-electron chi connectivity index (χ3n) is 1.68. The molecule has 4 heteroatoms. The number of rotatable bonds is 2. The Bertz CT molecular complexity index is 155. The van der Waals surface area contributed by atoms with Crippen LogP contribution in [-0.2, 0) is 0 Å². The van der Waals surface area contributed by atoms with E-state index in [1.807, 2.05) is 25.6 Å². The molecule has 70 valence electrons. The number of hydrogen-bond acceptors (Lipinski definition) is 2. The predicted molar refractivity (Wildman–Crippen MR) is 52.5 cm³/mol. The van der Waals surface area contributed by atoms with Crippen LogP contribution in [0, 0.1) is 0 Å². The van der Waals surface area contributed by atoms with Gasteiger partial charge in [0.25, 0.3) is 0 Å². The van der Waals surface area contributed by atoms with Crippen molar-refractivity contribution >= 4 is 17.8 Å². The van der Waals surface area contributed by atoms with Gasteiger partial charge in [0.2, 0.25) is 0 Å². The van der Waals surface area contributed by atoms with E-state index < -0.39 is 0 Å². The lowest BCUT2D eigenvalue weighted by atomic mass is 10.3. The maximum absolute atomic E-state index is 11.2. The Labute approximate surface area is 77.7 Å². The molecule has 1 aliphatic rings. The molecule has 0 aromatic rings. The molecule has 2 N–H and O–H groups in total. The molecule has 0 aromatic carbocycles. The van der Waals surface area contributed by atoms with Gasteiger partial charge in [-0.1, -0.05) is 0 Å². The molecule has 1 atom stereocenters. The second kappa shape index (κ2) is 4.60. The summed E-state index contributed by atoms with van der Waals surface area (Å²) in [4.78, 5) is 11.2. The Morgan fingerprint density at radius 2 is 2.33 bits per heavy atom. The second-order valence-electron chi connectivity index (χ2n) is 3.33. The maximum atomic E-state index is 11.2. The number of carbonyl (C=O) groups excluding carboxylic acids is 1. The SMILES string of the molecule is CC(C)NC(=O)NC1CCSC1. The molecule has 1 aliphatic heterocycles. The van der Waals surface area contributed by atoms with Gasteiger partial charge in [-0.2, -0.15) is 11.8 Å². The van der Waals surface area contributed by atoms with Crippen LogP contribution in [0.3, 0.4) is 0 Å². The number of carbonyl (C=O) groups is 1. The van der Waals surface area contributed by atoms with Crippen molar-refractivity contribution in [1.29, 1.82) is 0 Å². The van der Waals surface area contributed by atoms with Crippen LogP contribution in [0.5, 0.6) is 0 Å². The van der Waals surface area contributed by atoms with E-state index in [0.29, 0.717) is 6.04 Å². The third-order valence-corrected chi connectivity index (χ3v) is 2.85. The van der Waals surface area contributed by atoms with Gasteiger partial charge in [0.05, 0.1) is 0 Å². The lowest BCUT2D eigenvalue weighted by Crippen LogP contribution is -2.44. The maximum Gasteiger partial charge on any atom is 0.315 e. The van der Waals surface area contributed by atoms with Crippen molar-refractivity contribution in [3.8, 4) is 0 Å². The standard InChI is InChI=1S/C8H16N2OS/c1-6(2)9-8(11)10-7-3-4-12-5-7/h6-7H,3-5H2,1-2H3,(H2,9,10,11). The number of nitrogens with one attached hydrogen (secondary N) is 2. The van der Waals surface area contributed by atoms with Crippen molar-refractivity contribution in [2.75, 3.05) is 11.5 Å². The van der Waals surface area contributed by atoms with Crippen LogP contribution in [0.1, 0.15) is 20.3 Å². The van der Waals surface area contributed by atoms with Crippen molar-refractivity contribution in [1.82, 2.24) is 10.6 Å². The highest BCUT2D eigenvalue weighted by atomic mass is 32.2. The third kappa shape index (κ3) is 3.34. The van der Waals surface area contributed by atoms with Gasteiger partial charge in [-0.25, -0.2) is 4.79 Å². The minimum absolute atomic E-state index is 0.0301. The first-order chi connectivity index (χ1) is 5.68. The first-order valence-electron chi connectivity index (χ1n) is 4.33. The van der Waals surface area contributed by atoms with Gasteiger partial charge in [-0.3, -0.25) is 0 Å². The predicted octanol–water partition coefficient (Wildman–Crippen LogP) is 1.20. The fourth-order valence-electron chi connectivity index (χ4n) is 1.14. The van der Waals surface area contributed by atoms with E-state index >= 15 is 0 Å². The van der Waals surface area contributed by atoms with Gasteiger partial charge in [-0.05, 0) is 26.0 Å². The number of amides is 2. The zero-order valence-electron chi connectivity index (χ0n) is 7.59. The zero-order valence-corrected chi connectivity index (χ0v) is 8.41. The minimum Gasteiger partial charge on any atom is -0.336 e. The normalized spacial score (nSPS) is 22.8. The van der Waals surface area contributed by atoms with Crippen LogP contribution >= 0.6 is 11.8 Å². The number of hydrogen-bond donors (Lipinski definition) is 2. The van der Waals surface area contributed by atoms with Crippen molar-refractivity contribution in [2.45, 2.75) is 32.4 Å². The van der Waals surface area contributed by atoms with Crippen LogP contribution in [0.15, 0.2) is 0 Å². The lowest BCUT2D eigenvalue weighted by molar-refractivity contribution is 0.235. The Morgan fingerprint density at radius 1 is 1.58 bits per heavy atom. The van der Waals surface area contributed by atoms with E-state index in [9.17, 15) is 4.79 Å². The largest absolute Gasteiger partial charge is 0.336 e. The fourth-order valence-corrected chi connectivity index (χ4v) is 2.29. The Balaban J connectivity index is 2.16.